The molecule has 0 aliphatic heterocycles. The average molecular weight is 305 g/mol. The summed E-state index contributed by atoms with van der Waals surface area (Å²) in [5.74, 6) is 1.46. The molecule has 2 aromatic rings. The molecule has 0 bridgehead atoms. The van der Waals surface area contributed by atoms with Gasteiger partial charge in [-0.15, -0.1) is 11.3 Å². The Bertz CT molecular complexity index is 643. The SMILES string of the molecule is COC[C@H]1CC[C@H]1NCc1c(C)nc2scc(C3CC3)n12. The minimum atomic E-state index is 0.609. The number of nitrogens with one attached hydrogen (secondary N) is 1. The van der Waals surface area contributed by atoms with Gasteiger partial charge in [-0.25, -0.2) is 4.98 Å². The second-order valence-electron chi connectivity index (χ2n) is 6.48. The van der Waals surface area contributed by atoms with Crippen molar-refractivity contribution >= 4 is 16.3 Å². The van der Waals surface area contributed by atoms with E-state index in [0.29, 0.717) is 12.0 Å². The summed E-state index contributed by atoms with van der Waals surface area (Å²) in [6.07, 6.45) is 5.25. The van der Waals surface area contributed by atoms with Crippen molar-refractivity contribution in [3.8, 4) is 0 Å². The number of aromatic nitrogens is 2. The van der Waals surface area contributed by atoms with Crippen molar-refractivity contribution in [3.05, 3.63) is 22.5 Å². The lowest BCUT2D eigenvalue weighted by Gasteiger charge is -2.36. The molecule has 0 unspecified atom stereocenters. The highest BCUT2D eigenvalue weighted by atomic mass is 32.1. The number of rotatable bonds is 6. The summed E-state index contributed by atoms with van der Waals surface area (Å²) in [6, 6.07) is 0.609. The van der Waals surface area contributed by atoms with E-state index in [0.717, 1.165) is 24.0 Å². The van der Waals surface area contributed by atoms with Crippen LogP contribution in [0.3, 0.4) is 0 Å². The Morgan fingerprint density at radius 2 is 2.24 bits per heavy atom. The van der Waals surface area contributed by atoms with Crippen LogP contribution in [0.1, 0.15) is 48.7 Å². The number of hydrogen-bond donors (Lipinski definition) is 1. The van der Waals surface area contributed by atoms with Gasteiger partial charge in [0, 0.05) is 36.7 Å². The molecule has 114 valence electrons. The maximum Gasteiger partial charge on any atom is 0.194 e. The number of ether oxygens (including phenoxy) is 1. The topological polar surface area (TPSA) is 38.6 Å². The van der Waals surface area contributed by atoms with E-state index in [2.05, 4.69) is 22.0 Å². The average Bonchev–Trinajstić information content (AvgIpc) is 3.14. The minimum absolute atomic E-state index is 0.609. The Morgan fingerprint density at radius 1 is 1.38 bits per heavy atom. The molecule has 2 aliphatic carbocycles. The van der Waals surface area contributed by atoms with Crippen molar-refractivity contribution in [1.29, 1.82) is 0 Å². The Hall–Kier alpha value is -0.910. The van der Waals surface area contributed by atoms with Crippen LogP contribution < -0.4 is 5.32 Å². The lowest BCUT2D eigenvalue weighted by Crippen LogP contribution is -2.45. The summed E-state index contributed by atoms with van der Waals surface area (Å²) < 4.78 is 7.71. The maximum atomic E-state index is 5.30. The van der Waals surface area contributed by atoms with E-state index in [-0.39, 0.29) is 0 Å². The molecule has 2 heterocycles. The lowest BCUT2D eigenvalue weighted by molar-refractivity contribution is 0.0789. The summed E-state index contributed by atoms with van der Waals surface area (Å²) in [5.41, 5.74) is 4.02. The molecule has 1 N–H and O–H groups in total. The van der Waals surface area contributed by atoms with Gasteiger partial charge >= 0.3 is 0 Å². The smallest absolute Gasteiger partial charge is 0.194 e. The van der Waals surface area contributed by atoms with Gasteiger partial charge in [-0.05, 0) is 38.5 Å². The molecule has 0 saturated heterocycles. The third-order valence-corrected chi connectivity index (χ3v) is 5.86. The first-order chi connectivity index (χ1) is 10.3. The van der Waals surface area contributed by atoms with Crippen molar-refractivity contribution in [2.24, 2.45) is 5.92 Å². The number of fused-ring (bicyclic) bond motifs is 1. The second-order valence-corrected chi connectivity index (χ2v) is 7.31. The largest absolute Gasteiger partial charge is 0.384 e. The molecule has 0 spiro atoms. The molecule has 0 aromatic carbocycles. The highest BCUT2D eigenvalue weighted by Crippen LogP contribution is 2.42. The first-order valence-corrected chi connectivity index (χ1v) is 8.83. The predicted molar refractivity (Wildman–Crippen MR) is 85.0 cm³/mol. The van der Waals surface area contributed by atoms with Crippen LogP contribution in [-0.4, -0.2) is 29.1 Å². The minimum Gasteiger partial charge on any atom is -0.384 e. The first-order valence-electron chi connectivity index (χ1n) is 7.95. The normalized spacial score (nSPS) is 25.4. The van der Waals surface area contributed by atoms with E-state index in [1.165, 1.54) is 42.8 Å². The Morgan fingerprint density at radius 3 is 2.90 bits per heavy atom. The van der Waals surface area contributed by atoms with E-state index in [1.807, 2.05) is 0 Å². The second kappa shape index (κ2) is 5.38. The van der Waals surface area contributed by atoms with Crippen molar-refractivity contribution in [3.63, 3.8) is 0 Å². The lowest BCUT2D eigenvalue weighted by atomic mass is 9.80. The van der Waals surface area contributed by atoms with Gasteiger partial charge in [0.15, 0.2) is 4.96 Å². The Balaban J connectivity index is 1.53. The number of aryl methyl sites for hydroxylation is 1. The van der Waals surface area contributed by atoms with Crippen LogP contribution >= 0.6 is 11.3 Å². The molecule has 2 saturated carbocycles. The monoisotopic (exact) mass is 305 g/mol. The number of nitrogens with zero attached hydrogens (tertiary/aromatic N) is 2. The van der Waals surface area contributed by atoms with Crippen LogP contribution in [0.4, 0.5) is 0 Å². The quantitative estimate of drug-likeness (QED) is 0.891. The number of thiazole rings is 1. The molecule has 21 heavy (non-hydrogen) atoms. The third kappa shape index (κ3) is 2.41. The Labute approximate surface area is 129 Å². The zero-order valence-electron chi connectivity index (χ0n) is 12.8. The van der Waals surface area contributed by atoms with Gasteiger partial charge in [-0.3, -0.25) is 4.40 Å². The van der Waals surface area contributed by atoms with Gasteiger partial charge in [0.25, 0.3) is 0 Å². The molecule has 2 aliphatic rings. The molecule has 0 amide bonds. The fraction of sp³-hybridized carbons (Fsp3) is 0.688. The molecule has 2 fully saturated rings. The van der Waals surface area contributed by atoms with Crippen molar-refractivity contribution in [2.45, 2.75) is 51.1 Å². The van der Waals surface area contributed by atoms with E-state index in [1.54, 1.807) is 18.4 Å². The van der Waals surface area contributed by atoms with E-state index < -0.39 is 0 Å². The summed E-state index contributed by atoms with van der Waals surface area (Å²) in [7, 11) is 1.80. The zero-order valence-corrected chi connectivity index (χ0v) is 13.6. The zero-order chi connectivity index (χ0) is 14.4. The first kappa shape index (κ1) is 13.7. The molecule has 2 atom stereocenters. The fourth-order valence-electron chi connectivity index (χ4n) is 3.39. The highest BCUT2D eigenvalue weighted by molar-refractivity contribution is 7.15. The summed E-state index contributed by atoms with van der Waals surface area (Å²) in [4.78, 5) is 5.90. The molecule has 5 heteroatoms. The highest BCUT2D eigenvalue weighted by Gasteiger charge is 2.31. The number of imidazole rings is 1. The fourth-order valence-corrected chi connectivity index (χ4v) is 4.42. The molecule has 2 aromatic heterocycles. The van der Waals surface area contributed by atoms with Gasteiger partial charge in [0.1, 0.15) is 0 Å². The van der Waals surface area contributed by atoms with Crippen molar-refractivity contribution in [2.75, 3.05) is 13.7 Å². The van der Waals surface area contributed by atoms with Gasteiger partial charge in [-0.1, -0.05) is 0 Å². The van der Waals surface area contributed by atoms with Crippen LogP contribution in [0.25, 0.3) is 4.96 Å². The van der Waals surface area contributed by atoms with Crippen LogP contribution in [0, 0.1) is 12.8 Å². The summed E-state index contributed by atoms with van der Waals surface area (Å²) in [5, 5.41) is 6.04. The van der Waals surface area contributed by atoms with Gasteiger partial charge in [0.2, 0.25) is 0 Å². The summed E-state index contributed by atoms with van der Waals surface area (Å²) >= 11 is 1.78. The molecule has 0 radical (unpaired) electrons. The predicted octanol–water partition coefficient (Wildman–Crippen LogP) is 3.10. The third-order valence-electron chi connectivity index (χ3n) is 5.01. The van der Waals surface area contributed by atoms with E-state index in [9.17, 15) is 0 Å². The van der Waals surface area contributed by atoms with Crippen molar-refractivity contribution in [1.82, 2.24) is 14.7 Å². The van der Waals surface area contributed by atoms with Gasteiger partial charge < -0.3 is 10.1 Å². The van der Waals surface area contributed by atoms with Crippen molar-refractivity contribution < 1.29 is 4.74 Å². The van der Waals surface area contributed by atoms with E-state index >= 15 is 0 Å². The molecular formula is C16H23N3OS. The number of methoxy groups -OCH3 is 1. The number of hydrogen-bond acceptors (Lipinski definition) is 4. The van der Waals surface area contributed by atoms with E-state index in [4.69, 9.17) is 9.72 Å². The molecular weight excluding hydrogens is 282 g/mol. The van der Waals surface area contributed by atoms with Gasteiger partial charge in [-0.2, -0.15) is 0 Å². The Kier molecular flexibility index (Phi) is 3.52. The van der Waals surface area contributed by atoms with Gasteiger partial charge in [0.05, 0.1) is 18.0 Å². The van der Waals surface area contributed by atoms with Crippen LogP contribution in [0.5, 0.6) is 0 Å². The standard InChI is InChI=1S/C16H23N3OS/c1-10-14(7-17-13-6-5-12(13)8-20-2)19-15(11-3-4-11)9-21-16(19)18-10/h9,11-13,17H,3-8H2,1-2H3/t12-,13-/m1/s1. The van der Waals surface area contributed by atoms with Crippen LogP contribution in [0.2, 0.25) is 0 Å². The summed E-state index contributed by atoms with van der Waals surface area (Å²) in [6.45, 7) is 3.94. The molecule has 4 nitrogen and oxygen atoms in total. The van der Waals surface area contributed by atoms with Crippen LogP contribution in [0.15, 0.2) is 5.38 Å². The maximum absolute atomic E-state index is 5.30. The van der Waals surface area contributed by atoms with Crippen LogP contribution in [-0.2, 0) is 11.3 Å². The molecule has 4 rings (SSSR count).